The topological polar surface area (TPSA) is 18.5 Å². The monoisotopic (exact) mass is 420 g/mol. The number of rotatable bonds is 13. The first-order valence-electron chi connectivity index (χ1n) is 10.2. The number of hydrogen-bond donors (Lipinski definition) is 0. The van der Waals surface area contributed by atoms with Crippen molar-refractivity contribution in [2.75, 3.05) is 18.5 Å². The Morgan fingerprint density at radius 1 is 0.808 bits per heavy atom. The summed E-state index contributed by atoms with van der Waals surface area (Å²) in [5.41, 5.74) is 1.30. The van der Waals surface area contributed by atoms with Crippen molar-refractivity contribution >= 4 is 26.7 Å². The lowest BCUT2D eigenvalue weighted by Crippen LogP contribution is -2.01. The standard InChI is InChI=1S/C23H33BrO2/c1-3-5-6-9-16-25-20-12-13-22-19(18-20)11-14-23(21(22)4-2)26-17-10-7-8-15-24/h11-14,18H,3-10,15-17H2,1-2H3. The van der Waals surface area contributed by atoms with Crippen LogP contribution in [0.5, 0.6) is 11.5 Å². The maximum Gasteiger partial charge on any atom is 0.123 e. The predicted octanol–water partition coefficient (Wildman–Crippen LogP) is 7.31. The molecule has 2 rings (SSSR count). The van der Waals surface area contributed by atoms with E-state index in [0.717, 1.165) is 49.3 Å². The molecule has 0 aromatic heterocycles. The molecule has 2 aromatic carbocycles. The average molecular weight is 421 g/mol. The second-order valence-electron chi connectivity index (χ2n) is 6.79. The molecule has 3 heteroatoms. The first kappa shape index (κ1) is 21.1. The molecule has 0 fully saturated rings. The molecule has 0 atom stereocenters. The third kappa shape index (κ3) is 6.50. The van der Waals surface area contributed by atoms with Gasteiger partial charge in [0.2, 0.25) is 0 Å². The molecule has 144 valence electrons. The van der Waals surface area contributed by atoms with E-state index in [0.29, 0.717) is 0 Å². The van der Waals surface area contributed by atoms with Gasteiger partial charge in [-0.05, 0) is 61.1 Å². The molecule has 0 radical (unpaired) electrons. The first-order chi connectivity index (χ1) is 12.8. The largest absolute Gasteiger partial charge is 0.494 e. The van der Waals surface area contributed by atoms with Crippen molar-refractivity contribution < 1.29 is 9.47 Å². The zero-order valence-corrected chi connectivity index (χ0v) is 17.9. The first-order valence-corrected chi connectivity index (χ1v) is 11.3. The van der Waals surface area contributed by atoms with Crippen LogP contribution in [0.4, 0.5) is 0 Å². The summed E-state index contributed by atoms with van der Waals surface area (Å²) in [6, 6.07) is 10.7. The van der Waals surface area contributed by atoms with Gasteiger partial charge < -0.3 is 9.47 Å². The normalized spacial score (nSPS) is 11.0. The van der Waals surface area contributed by atoms with Gasteiger partial charge in [0.1, 0.15) is 11.5 Å². The van der Waals surface area contributed by atoms with Crippen LogP contribution in [-0.4, -0.2) is 18.5 Å². The molecule has 0 aliphatic heterocycles. The second-order valence-corrected chi connectivity index (χ2v) is 7.58. The van der Waals surface area contributed by atoms with Gasteiger partial charge in [0, 0.05) is 10.9 Å². The van der Waals surface area contributed by atoms with E-state index in [2.05, 4.69) is 60.1 Å². The Morgan fingerprint density at radius 3 is 2.31 bits per heavy atom. The zero-order valence-electron chi connectivity index (χ0n) is 16.4. The van der Waals surface area contributed by atoms with Crippen LogP contribution in [0.1, 0.15) is 64.4 Å². The van der Waals surface area contributed by atoms with Gasteiger partial charge in [-0.1, -0.05) is 61.2 Å². The lowest BCUT2D eigenvalue weighted by Gasteiger charge is -2.14. The predicted molar refractivity (Wildman–Crippen MR) is 116 cm³/mol. The Kier molecular flexibility index (Phi) is 9.91. The molecule has 0 aliphatic carbocycles. The zero-order chi connectivity index (χ0) is 18.6. The molecule has 0 spiro atoms. The van der Waals surface area contributed by atoms with E-state index in [1.165, 1.54) is 48.4 Å². The minimum Gasteiger partial charge on any atom is -0.494 e. The fourth-order valence-corrected chi connectivity index (χ4v) is 3.61. The summed E-state index contributed by atoms with van der Waals surface area (Å²) >= 11 is 3.48. The highest BCUT2D eigenvalue weighted by Gasteiger charge is 2.08. The van der Waals surface area contributed by atoms with Crippen LogP contribution in [0, 0.1) is 0 Å². The number of halogens is 1. The van der Waals surface area contributed by atoms with Crippen molar-refractivity contribution in [1.82, 2.24) is 0 Å². The molecular formula is C23H33BrO2. The van der Waals surface area contributed by atoms with Gasteiger partial charge in [-0.25, -0.2) is 0 Å². The minimum absolute atomic E-state index is 0.796. The third-order valence-electron chi connectivity index (χ3n) is 4.72. The molecule has 0 unspecified atom stereocenters. The van der Waals surface area contributed by atoms with Crippen molar-refractivity contribution in [2.24, 2.45) is 0 Å². The van der Waals surface area contributed by atoms with Crippen LogP contribution in [-0.2, 0) is 6.42 Å². The van der Waals surface area contributed by atoms with E-state index in [4.69, 9.17) is 9.47 Å². The van der Waals surface area contributed by atoms with Crippen LogP contribution in [0.25, 0.3) is 10.8 Å². The van der Waals surface area contributed by atoms with Crippen molar-refractivity contribution in [2.45, 2.75) is 65.2 Å². The molecule has 0 bridgehead atoms. The van der Waals surface area contributed by atoms with Gasteiger partial charge in [0.25, 0.3) is 0 Å². The fraction of sp³-hybridized carbons (Fsp3) is 0.565. The molecule has 0 N–H and O–H groups in total. The third-order valence-corrected chi connectivity index (χ3v) is 5.28. The molecule has 0 saturated carbocycles. The van der Waals surface area contributed by atoms with Crippen molar-refractivity contribution in [3.63, 3.8) is 0 Å². The molecule has 2 nitrogen and oxygen atoms in total. The van der Waals surface area contributed by atoms with Crippen molar-refractivity contribution in [1.29, 1.82) is 0 Å². The minimum atomic E-state index is 0.796. The Labute approximate surface area is 167 Å². The highest BCUT2D eigenvalue weighted by Crippen LogP contribution is 2.31. The Hall–Kier alpha value is -1.22. The summed E-state index contributed by atoms with van der Waals surface area (Å²) in [4.78, 5) is 0. The van der Waals surface area contributed by atoms with Crippen LogP contribution in [0.15, 0.2) is 30.3 Å². The Balaban J connectivity index is 2.00. The van der Waals surface area contributed by atoms with Gasteiger partial charge in [0.15, 0.2) is 0 Å². The SMILES string of the molecule is CCCCCCOc1ccc2c(CC)c(OCCCCCBr)ccc2c1. The lowest BCUT2D eigenvalue weighted by atomic mass is 10.0. The van der Waals surface area contributed by atoms with Gasteiger partial charge >= 0.3 is 0 Å². The fourth-order valence-electron chi connectivity index (χ4n) is 3.22. The van der Waals surface area contributed by atoms with E-state index in [9.17, 15) is 0 Å². The van der Waals surface area contributed by atoms with E-state index in [-0.39, 0.29) is 0 Å². The highest BCUT2D eigenvalue weighted by molar-refractivity contribution is 9.09. The molecular weight excluding hydrogens is 388 g/mol. The summed E-state index contributed by atoms with van der Waals surface area (Å²) in [6.07, 6.45) is 9.44. The quantitative estimate of drug-likeness (QED) is 0.249. The smallest absolute Gasteiger partial charge is 0.123 e. The van der Waals surface area contributed by atoms with Gasteiger partial charge in [-0.2, -0.15) is 0 Å². The number of alkyl halides is 1. The second kappa shape index (κ2) is 12.2. The molecule has 0 saturated heterocycles. The Morgan fingerprint density at radius 2 is 1.58 bits per heavy atom. The number of benzene rings is 2. The van der Waals surface area contributed by atoms with E-state index in [1.807, 2.05) is 0 Å². The van der Waals surface area contributed by atoms with E-state index in [1.54, 1.807) is 0 Å². The van der Waals surface area contributed by atoms with E-state index >= 15 is 0 Å². The Bertz CT molecular complexity index is 654. The number of aryl methyl sites for hydroxylation is 1. The van der Waals surface area contributed by atoms with Crippen LogP contribution < -0.4 is 9.47 Å². The summed E-state index contributed by atoms with van der Waals surface area (Å²) in [5.74, 6) is 2.01. The molecule has 0 aliphatic rings. The van der Waals surface area contributed by atoms with Gasteiger partial charge in [-0.15, -0.1) is 0 Å². The maximum absolute atomic E-state index is 6.07. The lowest BCUT2D eigenvalue weighted by molar-refractivity contribution is 0.303. The van der Waals surface area contributed by atoms with Crippen LogP contribution >= 0.6 is 15.9 Å². The van der Waals surface area contributed by atoms with E-state index < -0.39 is 0 Å². The van der Waals surface area contributed by atoms with Gasteiger partial charge in [0.05, 0.1) is 13.2 Å². The molecule has 26 heavy (non-hydrogen) atoms. The van der Waals surface area contributed by atoms with Crippen LogP contribution in [0.3, 0.4) is 0 Å². The number of ether oxygens (including phenoxy) is 2. The summed E-state index contributed by atoms with van der Waals surface area (Å²) in [7, 11) is 0. The summed E-state index contributed by atoms with van der Waals surface area (Å²) in [5, 5.41) is 3.59. The number of hydrogen-bond acceptors (Lipinski definition) is 2. The maximum atomic E-state index is 6.07. The summed E-state index contributed by atoms with van der Waals surface area (Å²) in [6.45, 7) is 6.04. The molecule has 0 amide bonds. The molecule has 0 heterocycles. The average Bonchev–Trinajstić information content (AvgIpc) is 2.67. The van der Waals surface area contributed by atoms with Crippen molar-refractivity contribution in [3.05, 3.63) is 35.9 Å². The number of unbranched alkanes of at least 4 members (excludes halogenated alkanes) is 5. The van der Waals surface area contributed by atoms with Gasteiger partial charge in [-0.3, -0.25) is 0 Å². The molecule has 2 aromatic rings. The van der Waals surface area contributed by atoms with Crippen LogP contribution in [0.2, 0.25) is 0 Å². The summed E-state index contributed by atoms with van der Waals surface area (Å²) < 4.78 is 12.0. The number of fused-ring (bicyclic) bond motifs is 1. The highest BCUT2D eigenvalue weighted by atomic mass is 79.9. The van der Waals surface area contributed by atoms with Crippen molar-refractivity contribution in [3.8, 4) is 11.5 Å².